The number of carboxylic acid groups (broad SMARTS) is 2. The summed E-state index contributed by atoms with van der Waals surface area (Å²) >= 11 is 0. The lowest BCUT2D eigenvalue weighted by molar-refractivity contribution is 0.0510. The molecule has 0 amide bonds. The predicted octanol–water partition coefficient (Wildman–Crippen LogP) is 1.05. The highest BCUT2D eigenvalue weighted by molar-refractivity contribution is 5.75. The second-order valence-electron chi connectivity index (χ2n) is 2.62. The summed E-state index contributed by atoms with van der Waals surface area (Å²) in [5.74, 6) is 0. The van der Waals surface area contributed by atoms with Crippen molar-refractivity contribution in [2.45, 2.75) is 13.8 Å². The van der Waals surface area contributed by atoms with Gasteiger partial charge in [-0.1, -0.05) is 0 Å². The van der Waals surface area contributed by atoms with Crippen molar-refractivity contribution in [3.8, 4) is 0 Å². The smallest absolute Gasteiger partial charge is 0.450 e. The lowest BCUT2D eigenvalue weighted by Gasteiger charge is -1.98. The fraction of sp³-hybridized carbons (Fsp3) is 0.800. The molecule has 110 valence electrons. The molecule has 0 atom stereocenters. The number of rotatable bonds is 8. The third-order valence-corrected chi connectivity index (χ3v) is 1.31. The Balaban J connectivity index is -0.000000256. The van der Waals surface area contributed by atoms with Crippen molar-refractivity contribution in [1.29, 1.82) is 0 Å². The topological polar surface area (TPSA) is 112 Å². The van der Waals surface area contributed by atoms with Gasteiger partial charge in [0, 0.05) is 36.3 Å². The molecule has 0 rings (SSSR count). The zero-order valence-corrected chi connectivity index (χ0v) is 12.7. The van der Waals surface area contributed by atoms with Gasteiger partial charge in [-0.2, -0.15) is 0 Å². The van der Waals surface area contributed by atoms with Crippen LogP contribution in [0.3, 0.4) is 0 Å². The molecule has 0 aliphatic carbocycles. The Morgan fingerprint density at radius 3 is 1.32 bits per heavy atom. The minimum atomic E-state index is -1.25. The van der Waals surface area contributed by atoms with E-state index < -0.39 is 12.3 Å². The van der Waals surface area contributed by atoms with Gasteiger partial charge in [-0.15, -0.1) is 0 Å². The molecule has 0 heterocycles. The summed E-state index contributed by atoms with van der Waals surface area (Å²) in [6, 6.07) is 0. The molecule has 0 aliphatic heterocycles. The first kappa shape index (κ1) is 23.3. The van der Waals surface area contributed by atoms with E-state index in [1.807, 2.05) is 13.8 Å². The third-order valence-electron chi connectivity index (χ3n) is 1.31. The summed E-state index contributed by atoms with van der Waals surface area (Å²) in [5, 5.41) is 15.9. The average molecular weight is 293 g/mol. The summed E-state index contributed by atoms with van der Waals surface area (Å²) in [6.45, 7) is 5.74. The second-order valence-corrected chi connectivity index (χ2v) is 2.62. The van der Waals surface area contributed by atoms with E-state index in [0.29, 0.717) is 26.4 Å². The average Bonchev–Trinajstić information content (AvgIpc) is 2.31. The van der Waals surface area contributed by atoms with Gasteiger partial charge in [0.25, 0.3) is 0 Å². The molecular weight excluding hydrogens is 272 g/mol. The highest BCUT2D eigenvalue weighted by atomic mass is 24.3. The van der Waals surface area contributed by atoms with Gasteiger partial charge in [0.05, 0.1) is 13.2 Å². The van der Waals surface area contributed by atoms with Gasteiger partial charge in [-0.05, 0) is 13.8 Å². The molecule has 0 saturated heterocycles. The first-order valence-electron chi connectivity index (χ1n) is 5.41. The monoisotopic (exact) mass is 292 g/mol. The van der Waals surface area contributed by atoms with Crippen LogP contribution in [0, 0.1) is 0 Å². The molecular formula is C10H20MgO8. The van der Waals surface area contributed by atoms with E-state index in [9.17, 15) is 9.59 Å². The molecule has 0 aliphatic rings. The molecule has 0 unspecified atom stereocenters. The number of carbonyl (C=O) groups is 2. The van der Waals surface area contributed by atoms with Gasteiger partial charge in [0.2, 0.25) is 0 Å². The van der Waals surface area contributed by atoms with Crippen molar-refractivity contribution >= 4 is 35.4 Å². The second kappa shape index (κ2) is 19.6. The fourth-order valence-electron chi connectivity index (χ4n) is 0.664. The maximum absolute atomic E-state index is 9.68. The summed E-state index contributed by atoms with van der Waals surface area (Å²) in [7, 11) is 0. The van der Waals surface area contributed by atoms with Crippen LogP contribution in [0.4, 0.5) is 9.59 Å². The van der Waals surface area contributed by atoms with Crippen LogP contribution in [0.15, 0.2) is 0 Å². The first-order chi connectivity index (χ1) is 8.54. The van der Waals surface area contributed by atoms with E-state index in [1.54, 1.807) is 0 Å². The van der Waals surface area contributed by atoms with Crippen molar-refractivity contribution in [3.05, 3.63) is 0 Å². The minimum absolute atomic E-state index is 0. The van der Waals surface area contributed by atoms with Gasteiger partial charge < -0.3 is 29.2 Å². The molecule has 0 aromatic carbocycles. The normalized spacial score (nSPS) is 8.53. The van der Waals surface area contributed by atoms with Gasteiger partial charge in [0.1, 0.15) is 13.2 Å². The number of ether oxygens (including phenoxy) is 4. The zero-order valence-electron chi connectivity index (χ0n) is 11.3. The zero-order chi connectivity index (χ0) is 14.2. The van der Waals surface area contributed by atoms with Crippen LogP contribution < -0.4 is 0 Å². The maximum Gasteiger partial charge on any atom is 0.505 e. The Bertz CT molecular complexity index is 190. The lowest BCUT2D eigenvalue weighted by Crippen LogP contribution is -2.07. The van der Waals surface area contributed by atoms with Crippen LogP contribution in [0.25, 0.3) is 0 Å². The molecule has 0 spiro atoms. The van der Waals surface area contributed by atoms with Crippen molar-refractivity contribution in [1.82, 2.24) is 0 Å². The number of hydrogen-bond acceptors (Lipinski definition) is 6. The molecule has 0 fully saturated rings. The minimum Gasteiger partial charge on any atom is -0.450 e. The van der Waals surface area contributed by atoms with Gasteiger partial charge in [-0.25, -0.2) is 9.59 Å². The first-order valence-corrected chi connectivity index (χ1v) is 5.41. The van der Waals surface area contributed by atoms with Crippen molar-refractivity contribution < 1.29 is 38.7 Å². The Morgan fingerprint density at radius 1 is 0.789 bits per heavy atom. The van der Waals surface area contributed by atoms with E-state index in [2.05, 4.69) is 9.47 Å². The molecule has 9 heteroatoms. The highest BCUT2D eigenvalue weighted by Crippen LogP contribution is 1.78. The third kappa shape index (κ3) is 31.7. The summed E-state index contributed by atoms with van der Waals surface area (Å²) in [6.07, 6.45) is -2.51. The standard InChI is InChI=1S/2C5H10O4.Mg/c2*1-2-8-3-4-9-5(6)7;/h2*2-4H2,1H3,(H,6,7);. The van der Waals surface area contributed by atoms with Crippen LogP contribution in [0.1, 0.15) is 13.8 Å². The quantitative estimate of drug-likeness (QED) is 0.388. The SMILES string of the molecule is CCOCCOC(=O)O.CCOCCOC(=O)O.[Mg]. The molecule has 19 heavy (non-hydrogen) atoms. The lowest BCUT2D eigenvalue weighted by atomic mass is 10.7. The molecule has 0 saturated carbocycles. The van der Waals surface area contributed by atoms with Crippen LogP contribution in [0.5, 0.6) is 0 Å². The van der Waals surface area contributed by atoms with Crippen molar-refractivity contribution in [2.75, 3.05) is 39.6 Å². The van der Waals surface area contributed by atoms with E-state index in [-0.39, 0.29) is 36.3 Å². The van der Waals surface area contributed by atoms with E-state index >= 15 is 0 Å². The molecule has 0 bridgehead atoms. The van der Waals surface area contributed by atoms with E-state index in [0.717, 1.165) is 0 Å². The Morgan fingerprint density at radius 2 is 1.11 bits per heavy atom. The Kier molecular flexibility index (Phi) is 24.0. The Hall–Kier alpha value is -0.774. The molecule has 0 aromatic rings. The number of hydrogen-bond donors (Lipinski definition) is 2. The summed E-state index contributed by atoms with van der Waals surface area (Å²) < 4.78 is 17.9. The molecule has 2 radical (unpaired) electrons. The van der Waals surface area contributed by atoms with Gasteiger partial charge in [-0.3, -0.25) is 0 Å². The van der Waals surface area contributed by atoms with E-state index in [1.165, 1.54) is 0 Å². The summed E-state index contributed by atoms with van der Waals surface area (Å²) in [4.78, 5) is 19.4. The highest BCUT2D eigenvalue weighted by Gasteiger charge is 1.93. The van der Waals surface area contributed by atoms with E-state index in [4.69, 9.17) is 19.7 Å². The van der Waals surface area contributed by atoms with Gasteiger partial charge in [0.15, 0.2) is 0 Å². The van der Waals surface area contributed by atoms with Crippen LogP contribution in [-0.2, 0) is 18.9 Å². The van der Waals surface area contributed by atoms with Crippen molar-refractivity contribution in [2.24, 2.45) is 0 Å². The van der Waals surface area contributed by atoms with Crippen LogP contribution >= 0.6 is 0 Å². The molecule has 8 nitrogen and oxygen atoms in total. The largest absolute Gasteiger partial charge is 0.505 e. The molecule has 0 aromatic heterocycles. The predicted molar refractivity (Wildman–Crippen MR) is 66.7 cm³/mol. The fourth-order valence-corrected chi connectivity index (χ4v) is 0.664. The Labute approximate surface area is 128 Å². The maximum atomic E-state index is 9.68. The van der Waals surface area contributed by atoms with Crippen LogP contribution in [-0.4, -0.2) is 85.2 Å². The van der Waals surface area contributed by atoms with Gasteiger partial charge >= 0.3 is 12.3 Å². The van der Waals surface area contributed by atoms with Crippen LogP contribution in [0.2, 0.25) is 0 Å². The molecule has 2 N–H and O–H groups in total. The summed E-state index contributed by atoms with van der Waals surface area (Å²) in [5.41, 5.74) is 0. The van der Waals surface area contributed by atoms with Crippen molar-refractivity contribution in [3.63, 3.8) is 0 Å².